The van der Waals surface area contributed by atoms with Crippen molar-refractivity contribution in [2.45, 2.75) is 35.6 Å². The van der Waals surface area contributed by atoms with E-state index in [0.29, 0.717) is 11.8 Å². The lowest BCUT2D eigenvalue weighted by atomic mass is 10.1. The fraction of sp³-hybridized carbons (Fsp3) is 0.208. The Balaban J connectivity index is 1.46. The van der Waals surface area contributed by atoms with Crippen LogP contribution in [-0.4, -0.2) is 29.8 Å². The molecule has 0 saturated carbocycles. The number of thioether (sulfide) groups is 1. The number of rotatable bonds is 6. The summed E-state index contributed by atoms with van der Waals surface area (Å²) in [5.74, 6) is -3.25. The van der Waals surface area contributed by atoms with E-state index in [0.717, 1.165) is 21.9 Å². The van der Waals surface area contributed by atoms with Crippen LogP contribution in [0.3, 0.4) is 0 Å². The summed E-state index contributed by atoms with van der Waals surface area (Å²) in [6, 6.07) is 12.4. The topological polar surface area (TPSA) is 87.3 Å². The first-order chi connectivity index (χ1) is 16.3. The molecule has 6 nitrogen and oxygen atoms in total. The molecule has 2 aromatic carbocycles. The molecule has 2 heterocycles. The molecule has 1 aromatic heterocycles. The first-order valence-corrected chi connectivity index (χ1v) is 12.2. The van der Waals surface area contributed by atoms with Crippen LogP contribution in [0.2, 0.25) is 0 Å². The second-order valence-corrected chi connectivity index (χ2v) is 9.93. The SMILES string of the molecule is C[C@H](N[C@@H]1C(=O)Nc2ccccc2S[C@@H]1c1cccs1)C(=O)NC(=O)Cc1cc(F)cc(F)c1. The summed E-state index contributed by atoms with van der Waals surface area (Å²) in [5, 5.41) is 9.82. The highest BCUT2D eigenvalue weighted by Crippen LogP contribution is 2.45. The minimum atomic E-state index is -0.895. The van der Waals surface area contributed by atoms with Crippen molar-refractivity contribution in [3.8, 4) is 0 Å². The van der Waals surface area contributed by atoms with Crippen LogP contribution in [-0.2, 0) is 20.8 Å². The summed E-state index contributed by atoms with van der Waals surface area (Å²) in [5.41, 5.74) is 0.802. The highest BCUT2D eigenvalue weighted by molar-refractivity contribution is 8.00. The number of benzene rings is 2. The van der Waals surface area contributed by atoms with E-state index in [1.807, 2.05) is 41.8 Å². The average Bonchev–Trinajstić information content (AvgIpc) is 3.26. The highest BCUT2D eigenvalue weighted by Gasteiger charge is 2.36. The molecular weight excluding hydrogens is 480 g/mol. The lowest BCUT2D eigenvalue weighted by molar-refractivity contribution is -0.131. The molecule has 0 saturated heterocycles. The fourth-order valence-electron chi connectivity index (χ4n) is 3.60. The Bertz CT molecular complexity index is 1200. The van der Waals surface area contributed by atoms with Crippen molar-refractivity contribution in [1.29, 1.82) is 0 Å². The van der Waals surface area contributed by atoms with E-state index in [9.17, 15) is 23.2 Å². The molecule has 34 heavy (non-hydrogen) atoms. The normalized spacial score (nSPS) is 18.4. The van der Waals surface area contributed by atoms with Gasteiger partial charge in [-0.1, -0.05) is 18.2 Å². The van der Waals surface area contributed by atoms with E-state index in [2.05, 4.69) is 16.0 Å². The number of hydrogen-bond donors (Lipinski definition) is 3. The Morgan fingerprint density at radius 1 is 1.09 bits per heavy atom. The van der Waals surface area contributed by atoms with E-state index in [-0.39, 0.29) is 23.1 Å². The molecule has 0 aliphatic carbocycles. The fourth-order valence-corrected chi connectivity index (χ4v) is 5.86. The summed E-state index contributed by atoms with van der Waals surface area (Å²) in [4.78, 5) is 39.9. The molecule has 0 radical (unpaired) electrons. The molecule has 4 rings (SSSR count). The smallest absolute Gasteiger partial charge is 0.243 e. The third-order valence-corrected chi connectivity index (χ3v) is 7.67. The van der Waals surface area contributed by atoms with Gasteiger partial charge in [-0.15, -0.1) is 23.1 Å². The van der Waals surface area contributed by atoms with Crippen LogP contribution >= 0.6 is 23.1 Å². The number of nitrogens with one attached hydrogen (secondary N) is 3. The minimum absolute atomic E-state index is 0.110. The third-order valence-electron chi connectivity index (χ3n) is 5.18. The molecule has 0 unspecified atom stereocenters. The number of hydrogen-bond acceptors (Lipinski definition) is 6. The Kier molecular flexibility index (Phi) is 7.40. The van der Waals surface area contributed by atoms with E-state index in [4.69, 9.17) is 0 Å². The standard InChI is InChI=1S/C24H21F2N3O3S2/c1-13(23(31)29-20(30)11-14-9-15(25)12-16(26)10-14)27-21-22(19-7-4-8-33-19)34-18-6-3-2-5-17(18)28-24(21)32/h2-10,12-13,21-22,27H,11H2,1H3,(H,28,32)(H,29,30,31)/t13-,21-,22+/m0/s1. The second kappa shape index (κ2) is 10.5. The Morgan fingerprint density at radius 2 is 1.82 bits per heavy atom. The van der Waals surface area contributed by atoms with Crippen LogP contribution in [0.5, 0.6) is 0 Å². The summed E-state index contributed by atoms with van der Waals surface area (Å²) in [7, 11) is 0. The second-order valence-electron chi connectivity index (χ2n) is 7.77. The first kappa shape index (κ1) is 24.1. The van der Waals surface area contributed by atoms with Crippen LogP contribution in [0, 0.1) is 11.6 Å². The lowest BCUT2D eigenvalue weighted by Crippen LogP contribution is -2.53. The van der Waals surface area contributed by atoms with E-state index in [1.165, 1.54) is 23.1 Å². The third kappa shape index (κ3) is 5.69. The Morgan fingerprint density at radius 3 is 2.53 bits per heavy atom. The lowest BCUT2D eigenvalue weighted by Gasteiger charge is -2.26. The first-order valence-electron chi connectivity index (χ1n) is 10.4. The van der Waals surface area contributed by atoms with Gasteiger partial charge in [-0.3, -0.25) is 25.0 Å². The predicted octanol–water partition coefficient (Wildman–Crippen LogP) is 4.04. The van der Waals surface area contributed by atoms with Crippen LogP contribution in [0.4, 0.5) is 14.5 Å². The Labute approximate surface area is 203 Å². The maximum absolute atomic E-state index is 13.4. The van der Waals surface area contributed by atoms with Crippen molar-refractivity contribution >= 4 is 46.5 Å². The number of carbonyl (C=O) groups is 3. The monoisotopic (exact) mass is 501 g/mol. The van der Waals surface area contributed by atoms with E-state index >= 15 is 0 Å². The predicted molar refractivity (Wildman–Crippen MR) is 128 cm³/mol. The van der Waals surface area contributed by atoms with Gasteiger partial charge in [0.15, 0.2) is 0 Å². The van der Waals surface area contributed by atoms with Gasteiger partial charge in [-0.05, 0) is 48.2 Å². The van der Waals surface area contributed by atoms with E-state index in [1.54, 1.807) is 6.92 Å². The number of fused-ring (bicyclic) bond motifs is 1. The minimum Gasteiger partial charge on any atom is -0.324 e. The van der Waals surface area contributed by atoms with Gasteiger partial charge in [0.25, 0.3) is 0 Å². The van der Waals surface area contributed by atoms with Gasteiger partial charge >= 0.3 is 0 Å². The molecule has 176 valence electrons. The number of thiophene rings is 1. The van der Waals surface area contributed by atoms with Crippen molar-refractivity contribution in [1.82, 2.24) is 10.6 Å². The molecular formula is C24H21F2N3O3S2. The van der Waals surface area contributed by atoms with Crippen LogP contribution < -0.4 is 16.0 Å². The zero-order valence-corrected chi connectivity index (χ0v) is 19.6. The van der Waals surface area contributed by atoms with Crippen molar-refractivity contribution in [3.05, 3.63) is 82.1 Å². The molecule has 0 bridgehead atoms. The summed E-state index contributed by atoms with van der Waals surface area (Å²) >= 11 is 3.03. The molecule has 0 spiro atoms. The van der Waals surface area contributed by atoms with Crippen LogP contribution in [0.1, 0.15) is 22.6 Å². The molecule has 1 aliphatic rings. The molecule has 3 aromatic rings. The maximum Gasteiger partial charge on any atom is 0.243 e. The quantitative estimate of drug-likeness (QED) is 0.475. The van der Waals surface area contributed by atoms with Gasteiger partial charge in [0.2, 0.25) is 17.7 Å². The summed E-state index contributed by atoms with van der Waals surface area (Å²) in [6.07, 6.45) is -0.361. The number of carbonyl (C=O) groups excluding carboxylic acids is 3. The Hall–Kier alpha value is -3.08. The molecule has 3 atom stereocenters. The summed E-state index contributed by atoms with van der Waals surface area (Å²) in [6.45, 7) is 1.55. The maximum atomic E-state index is 13.4. The van der Waals surface area contributed by atoms with Gasteiger partial charge in [0.1, 0.15) is 17.7 Å². The molecule has 1 aliphatic heterocycles. The average molecular weight is 502 g/mol. The summed E-state index contributed by atoms with van der Waals surface area (Å²) < 4.78 is 26.7. The number of anilines is 1. The molecule has 3 amide bonds. The highest BCUT2D eigenvalue weighted by atomic mass is 32.2. The van der Waals surface area contributed by atoms with Crippen LogP contribution in [0.15, 0.2) is 64.9 Å². The van der Waals surface area contributed by atoms with Gasteiger partial charge < -0.3 is 5.32 Å². The van der Waals surface area contributed by atoms with Gasteiger partial charge in [-0.2, -0.15) is 0 Å². The van der Waals surface area contributed by atoms with Crippen molar-refractivity contribution in [3.63, 3.8) is 0 Å². The molecule has 3 N–H and O–H groups in total. The molecule has 0 fully saturated rings. The number of imide groups is 1. The van der Waals surface area contributed by atoms with Crippen LogP contribution in [0.25, 0.3) is 0 Å². The zero-order valence-electron chi connectivity index (χ0n) is 18.0. The molecule has 10 heteroatoms. The number of para-hydroxylation sites is 1. The number of amides is 3. The van der Waals surface area contributed by atoms with Gasteiger partial charge in [-0.25, -0.2) is 8.78 Å². The van der Waals surface area contributed by atoms with Crippen molar-refractivity contribution in [2.24, 2.45) is 0 Å². The van der Waals surface area contributed by atoms with Crippen molar-refractivity contribution in [2.75, 3.05) is 5.32 Å². The zero-order chi connectivity index (χ0) is 24.2. The van der Waals surface area contributed by atoms with Crippen molar-refractivity contribution < 1.29 is 23.2 Å². The largest absolute Gasteiger partial charge is 0.324 e. The van der Waals surface area contributed by atoms with Gasteiger partial charge in [0, 0.05) is 15.8 Å². The van der Waals surface area contributed by atoms with Gasteiger partial charge in [0.05, 0.1) is 23.4 Å². The number of halogens is 2. The van der Waals surface area contributed by atoms with E-state index < -0.39 is 35.5 Å².